The first kappa shape index (κ1) is 55.4. The minimum atomic E-state index is -0.605. The second-order valence-corrected chi connectivity index (χ2v) is 17.8. The van der Waals surface area contributed by atoms with E-state index in [2.05, 4.69) is 43.1 Å². The monoisotopic (exact) mass is 988 g/mol. The maximum Gasteiger partial charge on any atom is 0.331 e. The summed E-state index contributed by atoms with van der Waals surface area (Å²) >= 11 is 0. The molecule has 0 saturated heterocycles. The number of hydrogen-bond acceptors (Lipinski definition) is 15. The highest BCUT2D eigenvalue weighted by molar-refractivity contribution is 5.91. The SMILES string of the molecule is COc1cc(CCN(C)CCCOC(=O)/C=C\C(=O)OCCC[N+]2(C)CCc3cc(OC)c(OC)cc3C2Cc2cc(OC)c(OC)c(OC)c2)c(C(C)Cc2cc(OC)c(OC)c(OC)c2)cc1OC. The topological polar surface area (TPSA) is 148 Å². The van der Waals surface area contributed by atoms with Gasteiger partial charge in [-0.15, -0.1) is 0 Å². The van der Waals surface area contributed by atoms with Gasteiger partial charge >= 0.3 is 11.9 Å². The number of ether oxygens (including phenoxy) is 12. The van der Waals surface area contributed by atoms with Gasteiger partial charge in [-0.2, -0.15) is 0 Å². The van der Waals surface area contributed by atoms with Gasteiger partial charge in [0.2, 0.25) is 11.5 Å². The Morgan fingerprint density at radius 3 is 1.61 bits per heavy atom. The molecule has 3 atom stereocenters. The smallest absolute Gasteiger partial charge is 0.331 e. The Hall–Kier alpha value is -6.52. The summed E-state index contributed by atoms with van der Waals surface area (Å²) in [5, 5.41) is 0. The molecule has 1 aliphatic rings. The molecule has 16 nitrogen and oxygen atoms in total. The first-order valence-electron chi connectivity index (χ1n) is 23.9. The van der Waals surface area contributed by atoms with Crippen molar-refractivity contribution < 1.29 is 70.9 Å². The highest BCUT2D eigenvalue weighted by Gasteiger charge is 2.40. The molecular formula is C55H75N2O14+. The summed E-state index contributed by atoms with van der Waals surface area (Å²) in [5.41, 5.74) is 6.71. The number of nitrogens with zero attached hydrogens (tertiary/aromatic N) is 2. The molecule has 0 aromatic heterocycles. The van der Waals surface area contributed by atoms with Gasteiger partial charge in [0, 0.05) is 50.1 Å². The summed E-state index contributed by atoms with van der Waals surface area (Å²) in [6, 6.07) is 16.2. The van der Waals surface area contributed by atoms with Crippen LogP contribution in [0.1, 0.15) is 65.1 Å². The number of rotatable bonds is 28. The Morgan fingerprint density at radius 2 is 1.08 bits per heavy atom. The largest absolute Gasteiger partial charge is 0.493 e. The van der Waals surface area contributed by atoms with Crippen LogP contribution >= 0.6 is 0 Å². The van der Waals surface area contributed by atoms with Crippen molar-refractivity contribution in [2.75, 3.05) is 125 Å². The molecular weight excluding hydrogens is 913 g/mol. The van der Waals surface area contributed by atoms with Gasteiger partial charge in [-0.3, -0.25) is 0 Å². The van der Waals surface area contributed by atoms with Crippen LogP contribution in [0, 0.1) is 0 Å². The zero-order valence-electron chi connectivity index (χ0n) is 44.0. The Labute approximate surface area is 420 Å². The van der Waals surface area contributed by atoms with E-state index in [0.29, 0.717) is 87.8 Å². The van der Waals surface area contributed by atoms with Gasteiger partial charge in [-0.05, 0) is 109 Å². The molecule has 4 aromatic rings. The average molecular weight is 988 g/mol. The van der Waals surface area contributed by atoms with Crippen molar-refractivity contribution in [3.63, 3.8) is 0 Å². The molecule has 71 heavy (non-hydrogen) atoms. The molecule has 0 N–H and O–H groups in total. The summed E-state index contributed by atoms with van der Waals surface area (Å²) in [4.78, 5) is 27.6. The number of quaternary nitrogens is 1. The third kappa shape index (κ3) is 14.1. The predicted octanol–water partition coefficient (Wildman–Crippen LogP) is 8.00. The zero-order chi connectivity index (χ0) is 51.7. The van der Waals surface area contributed by atoms with Crippen molar-refractivity contribution in [2.24, 2.45) is 0 Å². The number of fused-ring (bicyclic) bond motifs is 1. The number of methoxy groups -OCH3 is 10. The van der Waals surface area contributed by atoms with Gasteiger partial charge in [-0.1, -0.05) is 6.92 Å². The average Bonchev–Trinajstić information content (AvgIpc) is 3.39. The number of hydrogen-bond donors (Lipinski definition) is 0. The van der Waals surface area contributed by atoms with E-state index in [1.165, 1.54) is 5.56 Å². The van der Waals surface area contributed by atoms with Crippen molar-refractivity contribution in [3.8, 4) is 57.5 Å². The van der Waals surface area contributed by atoms with Gasteiger partial charge < -0.3 is 66.2 Å². The lowest BCUT2D eigenvalue weighted by Crippen LogP contribution is -2.52. The Kier molecular flexibility index (Phi) is 20.8. The molecule has 5 rings (SSSR count). The number of carbonyl (C=O) groups excluding carboxylic acids is 2. The summed E-state index contributed by atoms with van der Waals surface area (Å²) in [5.74, 6) is 5.06. The van der Waals surface area contributed by atoms with Gasteiger partial charge in [-0.25, -0.2) is 9.59 Å². The minimum absolute atomic E-state index is 0.0127. The number of likely N-dealkylation sites (N-methyl/N-ethyl adjacent to an activating group) is 2. The van der Waals surface area contributed by atoms with Crippen LogP contribution in [0.25, 0.3) is 0 Å². The van der Waals surface area contributed by atoms with Crippen LogP contribution in [0.3, 0.4) is 0 Å². The number of esters is 2. The van der Waals surface area contributed by atoms with Crippen LogP contribution in [0.5, 0.6) is 57.5 Å². The summed E-state index contributed by atoms with van der Waals surface area (Å²) in [6.45, 7) is 5.59. The molecule has 16 heteroatoms. The molecule has 1 aliphatic heterocycles. The molecule has 4 aromatic carbocycles. The van der Waals surface area contributed by atoms with Crippen LogP contribution in [0.4, 0.5) is 0 Å². The van der Waals surface area contributed by atoms with Crippen molar-refractivity contribution in [1.82, 2.24) is 4.90 Å². The highest BCUT2D eigenvalue weighted by atomic mass is 16.6. The number of carbonyl (C=O) groups is 2. The first-order valence-corrected chi connectivity index (χ1v) is 23.9. The number of benzene rings is 4. The molecule has 0 aliphatic carbocycles. The minimum Gasteiger partial charge on any atom is -0.493 e. The predicted molar refractivity (Wildman–Crippen MR) is 271 cm³/mol. The van der Waals surface area contributed by atoms with E-state index >= 15 is 0 Å². The quantitative estimate of drug-likeness (QED) is 0.0234. The van der Waals surface area contributed by atoms with Crippen LogP contribution in [-0.2, 0) is 44.7 Å². The zero-order valence-corrected chi connectivity index (χ0v) is 44.0. The third-order valence-electron chi connectivity index (χ3n) is 13.3. The second-order valence-electron chi connectivity index (χ2n) is 17.8. The van der Waals surface area contributed by atoms with Crippen LogP contribution in [0.2, 0.25) is 0 Å². The van der Waals surface area contributed by atoms with Gasteiger partial charge in [0.25, 0.3) is 0 Å². The summed E-state index contributed by atoms with van der Waals surface area (Å²) in [6.07, 6.45) is 6.42. The second kappa shape index (κ2) is 26.6. The fourth-order valence-electron chi connectivity index (χ4n) is 9.50. The Balaban J connectivity index is 1.11. The van der Waals surface area contributed by atoms with Crippen LogP contribution in [0.15, 0.2) is 60.7 Å². The normalized spacial score (nSPS) is 15.6. The van der Waals surface area contributed by atoms with Crippen molar-refractivity contribution in [2.45, 2.75) is 57.4 Å². The Bertz CT molecular complexity index is 2390. The maximum atomic E-state index is 12.8. The van der Waals surface area contributed by atoms with Gasteiger partial charge in [0.05, 0.1) is 104 Å². The van der Waals surface area contributed by atoms with Gasteiger partial charge in [0.1, 0.15) is 6.04 Å². The van der Waals surface area contributed by atoms with Gasteiger partial charge in [0.15, 0.2) is 46.0 Å². The highest BCUT2D eigenvalue weighted by Crippen LogP contribution is 2.45. The van der Waals surface area contributed by atoms with E-state index in [1.807, 2.05) is 31.3 Å². The lowest BCUT2D eigenvalue weighted by molar-refractivity contribution is -0.941. The molecule has 0 spiro atoms. The molecule has 0 radical (unpaired) electrons. The lowest BCUT2D eigenvalue weighted by atomic mass is 9.86. The summed E-state index contributed by atoms with van der Waals surface area (Å²) < 4.78 is 68.2. The van der Waals surface area contributed by atoms with Crippen molar-refractivity contribution in [1.29, 1.82) is 0 Å². The van der Waals surface area contributed by atoms with Crippen molar-refractivity contribution >= 4 is 11.9 Å². The van der Waals surface area contributed by atoms with E-state index in [4.69, 9.17) is 56.8 Å². The maximum absolute atomic E-state index is 12.8. The molecule has 0 fully saturated rings. The van der Waals surface area contributed by atoms with E-state index in [-0.39, 0.29) is 25.2 Å². The standard InChI is InChI=1S/C55H75N2O14/c1-36(26-37-28-48(64-8)54(68-12)49(29-37)65-9)41-34-46(62-6)44(60-4)32-39(41)18-21-56(2)20-14-24-70-52(58)16-17-53(59)71-25-15-22-57(3)23-19-40-33-45(61-5)47(63-7)35-42(40)43(57)27-38-30-50(66-10)55(69-13)51(31-38)67-11/h16-17,28-36,43H,14-15,18-27H2,1-13H3/q+1/b17-16-. The van der Waals surface area contributed by atoms with E-state index in [0.717, 1.165) is 78.9 Å². The van der Waals surface area contributed by atoms with Crippen LogP contribution in [-0.4, -0.2) is 146 Å². The van der Waals surface area contributed by atoms with E-state index in [1.54, 1.807) is 71.1 Å². The van der Waals surface area contributed by atoms with E-state index < -0.39 is 11.9 Å². The van der Waals surface area contributed by atoms with Crippen LogP contribution < -0.4 is 47.4 Å². The van der Waals surface area contributed by atoms with E-state index in [9.17, 15) is 9.59 Å². The lowest BCUT2D eigenvalue weighted by Gasteiger charge is -2.46. The molecule has 388 valence electrons. The molecule has 0 amide bonds. The molecule has 0 saturated carbocycles. The summed E-state index contributed by atoms with van der Waals surface area (Å²) in [7, 11) is 20.5. The third-order valence-corrected chi connectivity index (χ3v) is 13.3. The molecule has 0 bridgehead atoms. The Morgan fingerprint density at radius 1 is 0.606 bits per heavy atom. The molecule has 3 unspecified atom stereocenters. The molecule has 1 heterocycles. The fraction of sp³-hybridized carbons (Fsp3) is 0.491. The first-order chi connectivity index (χ1) is 34.2. The fourth-order valence-corrected chi connectivity index (χ4v) is 9.50. The van der Waals surface area contributed by atoms with Crippen molar-refractivity contribution in [3.05, 3.63) is 94.1 Å².